The van der Waals surface area contributed by atoms with Gasteiger partial charge in [-0.25, -0.2) is 8.42 Å². The molecule has 0 radical (unpaired) electrons. The predicted molar refractivity (Wildman–Crippen MR) is 105 cm³/mol. The summed E-state index contributed by atoms with van der Waals surface area (Å²) in [5, 5.41) is 2.94. The Morgan fingerprint density at radius 1 is 1.00 bits per heavy atom. The van der Waals surface area contributed by atoms with E-state index < -0.39 is 15.9 Å². The standard InChI is InChI=1S/C17H15Cl3N2O4S/c18-12-3-1-2-4-15(12)21-17(23)11-9-16(14(20)10-13(11)19)27(24,25)22-5-7-26-8-6-22/h1-4,9-10H,5-8H2,(H,21,23). The number of hydrogen-bond acceptors (Lipinski definition) is 4. The first-order valence-corrected chi connectivity index (χ1v) is 10.5. The summed E-state index contributed by atoms with van der Waals surface area (Å²) in [7, 11) is -3.89. The van der Waals surface area contributed by atoms with Crippen LogP contribution in [-0.2, 0) is 14.8 Å². The fourth-order valence-electron chi connectivity index (χ4n) is 2.58. The summed E-state index contributed by atoms with van der Waals surface area (Å²) in [5.74, 6) is -0.594. The van der Waals surface area contributed by atoms with E-state index in [1.165, 1.54) is 16.4 Å². The van der Waals surface area contributed by atoms with Gasteiger partial charge in [-0.15, -0.1) is 0 Å². The molecule has 3 rings (SSSR count). The molecule has 0 unspecified atom stereocenters. The molecule has 1 aliphatic rings. The molecule has 1 N–H and O–H groups in total. The number of morpholine rings is 1. The molecule has 1 aliphatic heterocycles. The Balaban J connectivity index is 1.96. The third-order valence-corrected chi connectivity index (χ3v) is 6.98. The molecule has 0 atom stereocenters. The van der Waals surface area contributed by atoms with E-state index in [-0.39, 0.29) is 33.6 Å². The van der Waals surface area contributed by atoms with Crippen LogP contribution in [0.5, 0.6) is 0 Å². The van der Waals surface area contributed by atoms with Crippen molar-refractivity contribution in [2.75, 3.05) is 31.6 Å². The van der Waals surface area contributed by atoms with Gasteiger partial charge in [0.15, 0.2) is 0 Å². The van der Waals surface area contributed by atoms with Crippen LogP contribution in [0.15, 0.2) is 41.3 Å². The molecule has 27 heavy (non-hydrogen) atoms. The quantitative estimate of drug-likeness (QED) is 0.767. The highest BCUT2D eigenvalue weighted by Gasteiger charge is 2.30. The second-order valence-electron chi connectivity index (χ2n) is 5.71. The van der Waals surface area contributed by atoms with Gasteiger partial charge in [-0.05, 0) is 24.3 Å². The Morgan fingerprint density at radius 2 is 1.67 bits per heavy atom. The minimum absolute atomic E-state index is 0.0205. The zero-order valence-electron chi connectivity index (χ0n) is 13.9. The van der Waals surface area contributed by atoms with Crippen molar-refractivity contribution >= 4 is 56.4 Å². The smallest absolute Gasteiger partial charge is 0.257 e. The van der Waals surface area contributed by atoms with Gasteiger partial charge in [0, 0.05) is 13.1 Å². The molecule has 0 aromatic heterocycles. The van der Waals surface area contributed by atoms with E-state index in [0.29, 0.717) is 23.9 Å². The number of halogens is 3. The Labute approximate surface area is 172 Å². The van der Waals surface area contributed by atoms with Gasteiger partial charge in [0.2, 0.25) is 10.0 Å². The van der Waals surface area contributed by atoms with E-state index in [1.807, 2.05) is 0 Å². The number of nitrogens with one attached hydrogen (secondary N) is 1. The van der Waals surface area contributed by atoms with Gasteiger partial charge in [0.1, 0.15) is 4.90 Å². The van der Waals surface area contributed by atoms with Crippen molar-refractivity contribution in [1.82, 2.24) is 4.31 Å². The second kappa shape index (κ2) is 8.34. The van der Waals surface area contributed by atoms with E-state index >= 15 is 0 Å². The largest absolute Gasteiger partial charge is 0.379 e. The average Bonchev–Trinajstić information content (AvgIpc) is 2.64. The van der Waals surface area contributed by atoms with Gasteiger partial charge in [-0.1, -0.05) is 46.9 Å². The zero-order valence-corrected chi connectivity index (χ0v) is 17.0. The molecular formula is C17H15Cl3N2O4S. The second-order valence-corrected chi connectivity index (χ2v) is 8.84. The van der Waals surface area contributed by atoms with Crippen LogP contribution < -0.4 is 5.32 Å². The molecule has 1 saturated heterocycles. The van der Waals surface area contributed by atoms with Gasteiger partial charge >= 0.3 is 0 Å². The third-order valence-electron chi connectivity index (χ3n) is 3.98. The van der Waals surface area contributed by atoms with Crippen molar-refractivity contribution in [3.8, 4) is 0 Å². The number of carbonyl (C=O) groups excluding carboxylic acids is 1. The van der Waals surface area contributed by atoms with Crippen LogP contribution in [0.3, 0.4) is 0 Å². The van der Waals surface area contributed by atoms with Gasteiger partial charge in [-0.3, -0.25) is 4.79 Å². The van der Waals surface area contributed by atoms with Crippen LogP contribution >= 0.6 is 34.8 Å². The Morgan fingerprint density at radius 3 is 2.33 bits per heavy atom. The van der Waals surface area contributed by atoms with E-state index in [2.05, 4.69) is 5.32 Å². The van der Waals surface area contributed by atoms with Crippen molar-refractivity contribution < 1.29 is 17.9 Å². The van der Waals surface area contributed by atoms with Crippen molar-refractivity contribution in [1.29, 1.82) is 0 Å². The van der Waals surface area contributed by atoms with Crippen molar-refractivity contribution in [3.05, 3.63) is 57.0 Å². The lowest BCUT2D eigenvalue weighted by molar-refractivity contribution is 0.0730. The molecule has 10 heteroatoms. The lowest BCUT2D eigenvalue weighted by Crippen LogP contribution is -2.40. The van der Waals surface area contributed by atoms with Crippen LogP contribution in [0.4, 0.5) is 5.69 Å². The van der Waals surface area contributed by atoms with E-state index in [9.17, 15) is 13.2 Å². The summed E-state index contributed by atoms with van der Waals surface area (Å²) in [6.45, 7) is 1.01. The maximum absolute atomic E-state index is 12.9. The summed E-state index contributed by atoms with van der Waals surface area (Å²) < 4.78 is 32.2. The van der Waals surface area contributed by atoms with Crippen molar-refractivity contribution in [3.63, 3.8) is 0 Å². The van der Waals surface area contributed by atoms with Crippen LogP contribution in [0.2, 0.25) is 15.1 Å². The molecule has 0 saturated carbocycles. The Kier molecular flexibility index (Phi) is 6.30. The van der Waals surface area contributed by atoms with Gasteiger partial charge in [-0.2, -0.15) is 4.31 Å². The number of sulfonamides is 1. The number of benzene rings is 2. The first-order valence-electron chi connectivity index (χ1n) is 7.93. The molecule has 0 bridgehead atoms. The first-order chi connectivity index (χ1) is 12.8. The lowest BCUT2D eigenvalue weighted by atomic mass is 10.2. The molecule has 1 fully saturated rings. The topological polar surface area (TPSA) is 75.7 Å². The molecular weight excluding hydrogens is 435 g/mol. The summed E-state index contributed by atoms with van der Waals surface area (Å²) in [5.41, 5.74) is 0.362. The molecule has 6 nitrogen and oxygen atoms in total. The van der Waals surface area contributed by atoms with Gasteiger partial charge in [0.25, 0.3) is 5.91 Å². The number of nitrogens with zero attached hydrogens (tertiary/aromatic N) is 1. The van der Waals surface area contributed by atoms with E-state index in [1.54, 1.807) is 24.3 Å². The normalized spacial score (nSPS) is 15.5. The summed E-state index contributed by atoms with van der Waals surface area (Å²) in [4.78, 5) is 12.4. The molecule has 2 aromatic rings. The van der Waals surface area contributed by atoms with Gasteiger partial charge in [0.05, 0.1) is 39.5 Å². The van der Waals surface area contributed by atoms with Crippen molar-refractivity contribution in [2.24, 2.45) is 0 Å². The molecule has 1 heterocycles. The predicted octanol–water partition coefficient (Wildman–Crippen LogP) is 3.92. The molecule has 0 spiro atoms. The average molecular weight is 450 g/mol. The highest BCUT2D eigenvalue weighted by molar-refractivity contribution is 7.89. The number of amides is 1. The molecule has 2 aromatic carbocycles. The molecule has 144 valence electrons. The number of hydrogen-bond donors (Lipinski definition) is 1. The third kappa shape index (κ3) is 4.39. The number of para-hydroxylation sites is 1. The van der Waals surface area contributed by atoms with Crippen LogP contribution in [0, 0.1) is 0 Å². The maximum Gasteiger partial charge on any atom is 0.257 e. The van der Waals surface area contributed by atoms with Gasteiger partial charge < -0.3 is 10.1 Å². The first kappa shape index (κ1) is 20.4. The van der Waals surface area contributed by atoms with E-state index in [4.69, 9.17) is 39.5 Å². The van der Waals surface area contributed by atoms with Crippen LogP contribution in [0.1, 0.15) is 10.4 Å². The zero-order chi connectivity index (χ0) is 19.6. The minimum atomic E-state index is -3.89. The highest BCUT2D eigenvalue weighted by Crippen LogP contribution is 2.32. The fourth-order valence-corrected chi connectivity index (χ4v) is 5.00. The molecule has 1 amide bonds. The summed E-state index contributed by atoms with van der Waals surface area (Å²) in [6.07, 6.45) is 0. The fraction of sp³-hybridized carbons (Fsp3) is 0.235. The molecule has 0 aliphatic carbocycles. The SMILES string of the molecule is O=C(Nc1ccccc1Cl)c1cc(S(=O)(=O)N2CCOCC2)c(Cl)cc1Cl. The van der Waals surface area contributed by atoms with Crippen LogP contribution in [0.25, 0.3) is 0 Å². The lowest BCUT2D eigenvalue weighted by Gasteiger charge is -2.26. The Bertz CT molecular complexity index is 976. The number of anilines is 1. The van der Waals surface area contributed by atoms with E-state index in [0.717, 1.165) is 0 Å². The summed E-state index contributed by atoms with van der Waals surface area (Å²) >= 11 is 18.3. The number of carbonyl (C=O) groups is 1. The highest BCUT2D eigenvalue weighted by atomic mass is 35.5. The monoisotopic (exact) mass is 448 g/mol. The maximum atomic E-state index is 12.9. The minimum Gasteiger partial charge on any atom is -0.379 e. The Hall–Kier alpha value is -1.35. The number of rotatable bonds is 4. The summed E-state index contributed by atoms with van der Waals surface area (Å²) in [6, 6.07) is 9.10. The number of ether oxygens (including phenoxy) is 1. The van der Waals surface area contributed by atoms with Crippen LogP contribution in [-0.4, -0.2) is 44.9 Å². The van der Waals surface area contributed by atoms with Crippen molar-refractivity contribution in [2.45, 2.75) is 4.90 Å².